The van der Waals surface area contributed by atoms with Crippen LogP contribution in [0.1, 0.15) is 38.1 Å². The molecule has 0 radical (unpaired) electrons. The van der Waals surface area contributed by atoms with E-state index in [1.54, 1.807) is 18.9 Å². The molecule has 0 aliphatic carbocycles. The highest BCUT2D eigenvalue weighted by Gasteiger charge is 2.38. The van der Waals surface area contributed by atoms with Crippen LogP contribution in [-0.4, -0.2) is 53.5 Å². The Morgan fingerprint density at radius 3 is 2.88 bits per heavy atom. The maximum atomic E-state index is 5.58. The summed E-state index contributed by atoms with van der Waals surface area (Å²) in [5.41, 5.74) is 0.921. The lowest BCUT2D eigenvalue weighted by atomic mass is 10.0. The van der Waals surface area contributed by atoms with Crippen LogP contribution in [0.15, 0.2) is 31.2 Å². The average Bonchev–Trinajstić information content (AvgIpc) is 3.39. The number of anilines is 1. The molecule has 9 heteroatoms. The van der Waals surface area contributed by atoms with Crippen LogP contribution in [0.25, 0.3) is 11.6 Å². The molecule has 26 heavy (non-hydrogen) atoms. The van der Waals surface area contributed by atoms with Crippen LogP contribution in [0.5, 0.6) is 0 Å². The molecule has 3 aromatic rings. The van der Waals surface area contributed by atoms with Gasteiger partial charge in [0, 0.05) is 31.6 Å². The molecular weight excluding hydrogens is 332 g/mol. The van der Waals surface area contributed by atoms with E-state index < -0.39 is 0 Å². The predicted octanol–water partition coefficient (Wildman–Crippen LogP) is 1.69. The first-order valence-corrected chi connectivity index (χ1v) is 8.98. The second-order valence-electron chi connectivity index (χ2n) is 6.58. The summed E-state index contributed by atoms with van der Waals surface area (Å²) in [6, 6.07) is 0.502. The van der Waals surface area contributed by atoms with Crippen LogP contribution in [-0.2, 0) is 4.74 Å². The van der Waals surface area contributed by atoms with Crippen molar-refractivity contribution in [3.05, 3.63) is 37.1 Å². The fourth-order valence-electron chi connectivity index (χ4n) is 3.92. The molecule has 0 spiro atoms. The van der Waals surface area contributed by atoms with Crippen LogP contribution >= 0.6 is 0 Å². The zero-order chi connectivity index (χ0) is 17.5. The van der Waals surface area contributed by atoms with Gasteiger partial charge in [0.1, 0.15) is 18.3 Å². The average molecular weight is 352 g/mol. The van der Waals surface area contributed by atoms with E-state index in [1.807, 2.05) is 21.5 Å². The fourth-order valence-corrected chi connectivity index (χ4v) is 3.92. The Morgan fingerprint density at radius 2 is 2.12 bits per heavy atom. The summed E-state index contributed by atoms with van der Waals surface area (Å²) in [4.78, 5) is 15.9. The molecule has 1 atom stereocenters. The topological polar surface area (TPSA) is 86.8 Å². The van der Waals surface area contributed by atoms with Gasteiger partial charge in [-0.2, -0.15) is 4.98 Å². The van der Waals surface area contributed by atoms with Gasteiger partial charge in [-0.3, -0.25) is 9.13 Å². The van der Waals surface area contributed by atoms with Crippen molar-refractivity contribution < 1.29 is 4.74 Å². The summed E-state index contributed by atoms with van der Waals surface area (Å²) in [5.74, 6) is 2.49. The Morgan fingerprint density at radius 1 is 1.23 bits per heavy atom. The molecule has 0 amide bonds. The molecule has 0 saturated carbocycles. The van der Waals surface area contributed by atoms with E-state index in [0.29, 0.717) is 12.0 Å². The van der Waals surface area contributed by atoms with Crippen LogP contribution in [0.4, 0.5) is 5.82 Å². The van der Waals surface area contributed by atoms with E-state index in [-0.39, 0.29) is 6.04 Å². The van der Waals surface area contributed by atoms with Crippen molar-refractivity contribution in [2.45, 2.75) is 38.3 Å². The highest BCUT2D eigenvalue weighted by atomic mass is 16.5. The van der Waals surface area contributed by atoms with E-state index in [1.165, 1.54) is 0 Å². The smallest absolute Gasteiger partial charge is 0.236 e. The van der Waals surface area contributed by atoms with E-state index in [2.05, 4.69) is 32.0 Å². The first-order valence-electron chi connectivity index (χ1n) is 8.98. The van der Waals surface area contributed by atoms with Gasteiger partial charge in [-0.25, -0.2) is 9.97 Å². The lowest BCUT2D eigenvalue weighted by Crippen LogP contribution is -2.45. The third-order valence-corrected chi connectivity index (χ3v) is 5.16. The van der Waals surface area contributed by atoms with Crippen molar-refractivity contribution >= 4 is 5.82 Å². The zero-order valence-corrected chi connectivity index (χ0v) is 14.6. The number of imidazole rings is 1. The van der Waals surface area contributed by atoms with Gasteiger partial charge in [0.2, 0.25) is 5.95 Å². The number of rotatable bonds is 3. The van der Waals surface area contributed by atoms with Crippen LogP contribution in [0, 0.1) is 0 Å². The summed E-state index contributed by atoms with van der Waals surface area (Å²) in [6.07, 6.45) is 11.8. The van der Waals surface area contributed by atoms with Crippen molar-refractivity contribution in [1.82, 2.24) is 34.3 Å². The first kappa shape index (κ1) is 15.4. The number of nitrogens with zero attached hydrogens (tertiary/aromatic N) is 8. The Hall–Kier alpha value is -2.81. The summed E-state index contributed by atoms with van der Waals surface area (Å²) in [6.45, 7) is 3.73. The molecule has 3 aromatic heterocycles. The maximum absolute atomic E-state index is 5.58. The number of aromatic nitrogens is 7. The van der Waals surface area contributed by atoms with E-state index in [9.17, 15) is 0 Å². The fraction of sp³-hybridized carbons (Fsp3) is 0.471. The Balaban J connectivity index is 1.68. The quantitative estimate of drug-likeness (QED) is 0.709. The lowest BCUT2D eigenvalue weighted by molar-refractivity contribution is 0.0817. The van der Waals surface area contributed by atoms with E-state index in [0.717, 1.165) is 49.8 Å². The zero-order valence-electron chi connectivity index (χ0n) is 14.6. The van der Waals surface area contributed by atoms with Crippen molar-refractivity contribution in [2.24, 2.45) is 0 Å². The lowest BCUT2D eigenvalue weighted by Gasteiger charge is -2.43. The number of fused-ring (bicyclic) bond motifs is 3. The molecule has 134 valence electrons. The first-order chi connectivity index (χ1) is 12.9. The monoisotopic (exact) mass is 352 g/mol. The van der Waals surface area contributed by atoms with Crippen molar-refractivity contribution in [2.75, 3.05) is 18.1 Å². The molecule has 1 fully saturated rings. The molecule has 2 aliphatic rings. The van der Waals surface area contributed by atoms with Crippen LogP contribution in [0.3, 0.4) is 0 Å². The molecule has 0 bridgehead atoms. The minimum Gasteiger partial charge on any atom is -0.381 e. The molecule has 5 heterocycles. The van der Waals surface area contributed by atoms with Gasteiger partial charge in [-0.1, -0.05) is 6.92 Å². The Labute approximate surface area is 150 Å². The minimum absolute atomic E-state index is 0.138. The van der Waals surface area contributed by atoms with Crippen LogP contribution in [0.2, 0.25) is 0 Å². The molecule has 1 saturated heterocycles. The highest BCUT2D eigenvalue weighted by molar-refractivity contribution is 5.62. The van der Waals surface area contributed by atoms with E-state index in [4.69, 9.17) is 9.72 Å². The molecule has 2 aliphatic heterocycles. The standard InChI is InChI=1S/C17H20N8O/c1-2-13-16-22-20-11-24(16)14-9-19-17(23-6-5-18-10-23)21-15(14)25(13)12-3-7-26-8-4-12/h5-6,9-13H,2-4,7-8H2,1H3. The number of hydrogen-bond donors (Lipinski definition) is 0. The highest BCUT2D eigenvalue weighted by Crippen LogP contribution is 2.40. The summed E-state index contributed by atoms with van der Waals surface area (Å²) < 4.78 is 9.41. The van der Waals surface area contributed by atoms with Gasteiger partial charge in [-0.05, 0) is 19.3 Å². The molecule has 0 aromatic carbocycles. The molecule has 0 N–H and O–H groups in total. The second-order valence-corrected chi connectivity index (χ2v) is 6.58. The minimum atomic E-state index is 0.138. The Kier molecular flexibility index (Phi) is 3.66. The SMILES string of the molecule is CCC1c2nncn2-c2cnc(-n3ccnc3)nc2N1C1CCOCC1. The van der Waals surface area contributed by atoms with Gasteiger partial charge < -0.3 is 9.64 Å². The number of ether oxygens (including phenoxy) is 1. The van der Waals surface area contributed by atoms with Crippen molar-refractivity contribution in [3.63, 3.8) is 0 Å². The number of hydrogen-bond acceptors (Lipinski definition) is 7. The third kappa shape index (κ3) is 2.31. The summed E-state index contributed by atoms with van der Waals surface area (Å²) >= 11 is 0. The van der Waals surface area contributed by atoms with Gasteiger partial charge in [0.25, 0.3) is 0 Å². The van der Waals surface area contributed by atoms with Crippen molar-refractivity contribution in [1.29, 1.82) is 0 Å². The van der Waals surface area contributed by atoms with Crippen molar-refractivity contribution in [3.8, 4) is 11.6 Å². The predicted molar refractivity (Wildman–Crippen MR) is 93.4 cm³/mol. The molecule has 9 nitrogen and oxygen atoms in total. The Bertz CT molecular complexity index is 899. The second kappa shape index (κ2) is 6.17. The van der Waals surface area contributed by atoms with E-state index >= 15 is 0 Å². The summed E-state index contributed by atoms with van der Waals surface area (Å²) in [7, 11) is 0. The maximum Gasteiger partial charge on any atom is 0.236 e. The van der Waals surface area contributed by atoms with Gasteiger partial charge in [0.05, 0.1) is 12.2 Å². The van der Waals surface area contributed by atoms with Gasteiger partial charge >= 0.3 is 0 Å². The largest absolute Gasteiger partial charge is 0.381 e. The molecule has 5 rings (SSSR count). The van der Waals surface area contributed by atoms with Gasteiger partial charge in [0.15, 0.2) is 11.6 Å². The molecule has 1 unspecified atom stereocenters. The van der Waals surface area contributed by atoms with Gasteiger partial charge in [-0.15, -0.1) is 10.2 Å². The molecular formula is C17H20N8O. The third-order valence-electron chi connectivity index (χ3n) is 5.16. The normalized spacial score (nSPS) is 20.0. The van der Waals surface area contributed by atoms with Crippen LogP contribution < -0.4 is 4.90 Å². The summed E-state index contributed by atoms with van der Waals surface area (Å²) in [5, 5.41) is 8.54.